The summed E-state index contributed by atoms with van der Waals surface area (Å²) in [4.78, 5) is 2.26. The van der Waals surface area contributed by atoms with E-state index in [1.54, 1.807) is 17.4 Å². The highest BCUT2D eigenvalue weighted by Crippen LogP contribution is 2.10. The third kappa shape index (κ3) is 2.90. The van der Waals surface area contributed by atoms with Gasteiger partial charge in [0.2, 0.25) is 10.0 Å². The minimum atomic E-state index is -3.03. The molecule has 0 bridgehead atoms. The maximum absolute atomic E-state index is 11.7. The smallest absolute Gasteiger partial charge is 0.213 e. The van der Waals surface area contributed by atoms with Crippen molar-refractivity contribution in [1.82, 2.24) is 19.0 Å². The zero-order valence-electron chi connectivity index (χ0n) is 10.9. The van der Waals surface area contributed by atoms with Crippen molar-refractivity contribution in [2.75, 3.05) is 31.9 Å². The van der Waals surface area contributed by atoms with E-state index in [9.17, 15) is 8.42 Å². The van der Waals surface area contributed by atoms with Gasteiger partial charge in [-0.05, 0) is 13.0 Å². The summed E-state index contributed by atoms with van der Waals surface area (Å²) in [6.07, 6.45) is 1.78. The Kier molecular flexibility index (Phi) is 4.04. The number of aryl methyl sites for hydroxylation is 1. The molecule has 1 fully saturated rings. The molecule has 0 saturated carbocycles. The minimum absolute atomic E-state index is 0.189. The highest BCUT2D eigenvalue weighted by atomic mass is 32.2. The molecular formula is C11H20N4O2S. The standard InChI is InChI=1S/C11H20N4O2S/c1-3-18(16,17)15-8-6-14(7-9-15)10-11-4-5-12-13(11)2/h4-5H,3,6-10H2,1-2H3. The number of rotatable bonds is 4. The quantitative estimate of drug-likeness (QED) is 0.767. The van der Waals surface area contributed by atoms with E-state index in [0.717, 1.165) is 25.3 Å². The van der Waals surface area contributed by atoms with Gasteiger partial charge in [-0.15, -0.1) is 0 Å². The lowest BCUT2D eigenvalue weighted by atomic mass is 10.3. The summed E-state index contributed by atoms with van der Waals surface area (Å²) in [7, 11) is -1.10. The summed E-state index contributed by atoms with van der Waals surface area (Å²) in [5.41, 5.74) is 1.15. The Balaban J connectivity index is 1.90. The fourth-order valence-corrected chi connectivity index (χ4v) is 3.22. The number of aromatic nitrogens is 2. The predicted octanol–water partition coefficient (Wildman–Crippen LogP) is -0.113. The van der Waals surface area contributed by atoms with Crippen LogP contribution in [0.5, 0.6) is 0 Å². The zero-order valence-corrected chi connectivity index (χ0v) is 11.7. The molecule has 0 N–H and O–H groups in total. The lowest BCUT2D eigenvalue weighted by Crippen LogP contribution is -2.48. The van der Waals surface area contributed by atoms with Gasteiger partial charge in [-0.25, -0.2) is 8.42 Å². The molecule has 1 aliphatic rings. The number of piperazine rings is 1. The van der Waals surface area contributed by atoms with E-state index in [1.807, 2.05) is 17.8 Å². The van der Waals surface area contributed by atoms with E-state index >= 15 is 0 Å². The van der Waals surface area contributed by atoms with Crippen LogP contribution in [0, 0.1) is 0 Å². The van der Waals surface area contributed by atoms with Crippen molar-refractivity contribution in [2.24, 2.45) is 7.05 Å². The van der Waals surface area contributed by atoms with Crippen LogP contribution in [0.3, 0.4) is 0 Å². The van der Waals surface area contributed by atoms with E-state index < -0.39 is 10.0 Å². The van der Waals surface area contributed by atoms with Gasteiger partial charge >= 0.3 is 0 Å². The van der Waals surface area contributed by atoms with Gasteiger partial charge in [-0.2, -0.15) is 9.40 Å². The van der Waals surface area contributed by atoms with Crippen LogP contribution < -0.4 is 0 Å². The molecule has 2 rings (SSSR count). The summed E-state index contributed by atoms with van der Waals surface area (Å²) in [6, 6.07) is 2.00. The van der Waals surface area contributed by atoms with Crippen molar-refractivity contribution < 1.29 is 8.42 Å². The fraction of sp³-hybridized carbons (Fsp3) is 0.727. The van der Waals surface area contributed by atoms with Gasteiger partial charge in [0, 0.05) is 46.0 Å². The van der Waals surface area contributed by atoms with Crippen LogP contribution in [0.2, 0.25) is 0 Å². The Morgan fingerprint density at radius 3 is 2.44 bits per heavy atom. The molecule has 0 aromatic carbocycles. The topological polar surface area (TPSA) is 58.4 Å². The van der Waals surface area contributed by atoms with Gasteiger partial charge in [-0.3, -0.25) is 9.58 Å². The molecule has 1 aromatic heterocycles. The summed E-state index contributed by atoms with van der Waals surface area (Å²) in [5, 5.41) is 4.13. The van der Waals surface area contributed by atoms with Gasteiger partial charge in [0.1, 0.15) is 0 Å². The molecule has 7 heteroatoms. The Morgan fingerprint density at radius 1 is 1.28 bits per heavy atom. The van der Waals surface area contributed by atoms with E-state index in [0.29, 0.717) is 13.1 Å². The molecule has 0 spiro atoms. The second-order valence-electron chi connectivity index (χ2n) is 4.52. The van der Waals surface area contributed by atoms with Crippen LogP contribution in [0.25, 0.3) is 0 Å². The van der Waals surface area contributed by atoms with Crippen LogP contribution >= 0.6 is 0 Å². The van der Waals surface area contributed by atoms with Crippen molar-refractivity contribution in [1.29, 1.82) is 0 Å². The van der Waals surface area contributed by atoms with Gasteiger partial charge < -0.3 is 0 Å². The molecule has 1 aromatic rings. The van der Waals surface area contributed by atoms with E-state index in [4.69, 9.17) is 0 Å². The second-order valence-corrected chi connectivity index (χ2v) is 6.78. The predicted molar refractivity (Wildman–Crippen MR) is 69.5 cm³/mol. The van der Waals surface area contributed by atoms with E-state index in [2.05, 4.69) is 10.00 Å². The summed E-state index contributed by atoms with van der Waals surface area (Å²) in [5.74, 6) is 0.189. The van der Waals surface area contributed by atoms with Crippen molar-refractivity contribution >= 4 is 10.0 Å². The van der Waals surface area contributed by atoms with E-state index in [-0.39, 0.29) is 5.75 Å². The van der Waals surface area contributed by atoms with Gasteiger partial charge in [0.15, 0.2) is 0 Å². The number of hydrogen-bond acceptors (Lipinski definition) is 4. The van der Waals surface area contributed by atoms with Crippen LogP contribution in [-0.2, 0) is 23.6 Å². The SMILES string of the molecule is CCS(=O)(=O)N1CCN(Cc2ccnn2C)CC1. The zero-order chi connectivity index (χ0) is 13.2. The molecule has 0 aliphatic carbocycles. The second kappa shape index (κ2) is 5.38. The molecular weight excluding hydrogens is 252 g/mol. The number of sulfonamides is 1. The highest BCUT2D eigenvalue weighted by molar-refractivity contribution is 7.89. The van der Waals surface area contributed by atoms with Gasteiger partial charge in [-0.1, -0.05) is 0 Å². The Bertz CT molecular complexity index is 489. The first-order valence-electron chi connectivity index (χ1n) is 6.20. The van der Waals surface area contributed by atoms with Crippen LogP contribution in [0.1, 0.15) is 12.6 Å². The largest absolute Gasteiger partial charge is 0.295 e. The highest BCUT2D eigenvalue weighted by Gasteiger charge is 2.25. The molecule has 102 valence electrons. The fourth-order valence-electron chi connectivity index (χ4n) is 2.13. The lowest BCUT2D eigenvalue weighted by molar-refractivity contribution is 0.178. The number of hydrogen-bond donors (Lipinski definition) is 0. The maximum Gasteiger partial charge on any atom is 0.213 e. The molecule has 0 radical (unpaired) electrons. The van der Waals surface area contributed by atoms with Crippen molar-refractivity contribution in [3.8, 4) is 0 Å². The van der Waals surface area contributed by atoms with Crippen LogP contribution in [-0.4, -0.2) is 59.3 Å². The van der Waals surface area contributed by atoms with Crippen molar-refractivity contribution in [2.45, 2.75) is 13.5 Å². The molecule has 6 nitrogen and oxygen atoms in total. The molecule has 1 saturated heterocycles. The van der Waals surface area contributed by atoms with Crippen molar-refractivity contribution in [3.05, 3.63) is 18.0 Å². The maximum atomic E-state index is 11.7. The summed E-state index contributed by atoms with van der Waals surface area (Å²) < 4.78 is 26.9. The molecule has 0 amide bonds. The van der Waals surface area contributed by atoms with Crippen LogP contribution in [0.4, 0.5) is 0 Å². The normalized spacial score (nSPS) is 19.2. The lowest BCUT2D eigenvalue weighted by Gasteiger charge is -2.33. The molecule has 2 heterocycles. The monoisotopic (exact) mass is 272 g/mol. The third-order valence-electron chi connectivity index (χ3n) is 3.40. The Hall–Kier alpha value is -0.920. The molecule has 0 unspecified atom stereocenters. The van der Waals surface area contributed by atoms with E-state index in [1.165, 1.54) is 0 Å². The first-order chi connectivity index (χ1) is 8.53. The average Bonchev–Trinajstić information content (AvgIpc) is 2.76. The first-order valence-corrected chi connectivity index (χ1v) is 7.81. The van der Waals surface area contributed by atoms with Crippen molar-refractivity contribution in [3.63, 3.8) is 0 Å². The molecule has 18 heavy (non-hydrogen) atoms. The Labute approximate surface area is 108 Å². The Morgan fingerprint density at radius 2 is 1.94 bits per heavy atom. The summed E-state index contributed by atoms with van der Waals surface area (Å²) in [6.45, 7) is 5.27. The van der Waals surface area contributed by atoms with Gasteiger partial charge in [0.05, 0.1) is 11.4 Å². The number of nitrogens with zero attached hydrogens (tertiary/aromatic N) is 4. The van der Waals surface area contributed by atoms with Gasteiger partial charge in [0.25, 0.3) is 0 Å². The minimum Gasteiger partial charge on any atom is -0.295 e. The van der Waals surface area contributed by atoms with Crippen LogP contribution in [0.15, 0.2) is 12.3 Å². The molecule has 1 aliphatic heterocycles. The summed E-state index contributed by atoms with van der Waals surface area (Å²) >= 11 is 0. The third-order valence-corrected chi connectivity index (χ3v) is 5.28. The first kappa shape index (κ1) is 13.5. The average molecular weight is 272 g/mol. The molecule has 0 atom stereocenters.